The lowest BCUT2D eigenvalue weighted by molar-refractivity contribution is 0.305. The molecule has 7 heteroatoms. The van der Waals surface area contributed by atoms with Gasteiger partial charge in [0.25, 0.3) is 0 Å². The van der Waals surface area contributed by atoms with Crippen LogP contribution in [0.1, 0.15) is 47.8 Å². The average Bonchev–Trinajstić information content (AvgIpc) is 3.26. The Morgan fingerprint density at radius 1 is 1.23 bits per heavy atom. The lowest BCUT2D eigenvalue weighted by Crippen LogP contribution is -2.02. The molecule has 26 heavy (non-hydrogen) atoms. The van der Waals surface area contributed by atoms with E-state index < -0.39 is 0 Å². The van der Waals surface area contributed by atoms with Crippen molar-refractivity contribution in [2.45, 2.75) is 56.7 Å². The third kappa shape index (κ3) is 4.10. The smallest absolute Gasteiger partial charge is 0.191 e. The first-order valence-corrected chi connectivity index (χ1v) is 10.8. The van der Waals surface area contributed by atoms with Crippen molar-refractivity contribution in [2.75, 3.05) is 0 Å². The molecule has 0 aliphatic heterocycles. The minimum Gasteiger partial charge on any atom is -0.486 e. The average molecular weight is 387 g/mol. The number of aromatic nitrogens is 4. The molecule has 0 spiro atoms. The molecule has 4 rings (SSSR count). The van der Waals surface area contributed by atoms with Crippen LogP contribution in [-0.2, 0) is 18.9 Å². The molecule has 136 valence electrons. The maximum atomic E-state index is 5.81. The summed E-state index contributed by atoms with van der Waals surface area (Å²) in [6.07, 6.45) is 2.50. The van der Waals surface area contributed by atoms with Crippen LogP contribution in [0.25, 0.3) is 0 Å². The minimum atomic E-state index is 0.509. The van der Waals surface area contributed by atoms with Crippen LogP contribution in [0.3, 0.4) is 0 Å². The first-order chi connectivity index (χ1) is 12.7. The van der Waals surface area contributed by atoms with Gasteiger partial charge in [0.1, 0.15) is 23.2 Å². The highest BCUT2D eigenvalue weighted by atomic mass is 32.2. The molecule has 1 aliphatic rings. The van der Waals surface area contributed by atoms with E-state index in [4.69, 9.17) is 4.74 Å². The first kappa shape index (κ1) is 17.5. The molecule has 1 aromatic carbocycles. The van der Waals surface area contributed by atoms with Crippen molar-refractivity contribution in [3.8, 4) is 5.75 Å². The molecule has 1 fully saturated rings. The van der Waals surface area contributed by atoms with E-state index in [-0.39, 0.29) is 0 Å². The molecule has 2 heterocycles. The summed E-state index contributed by atoms with van der Waals surface area (Å²) < 4.78 is 8.06. The van der Waals surface area contributed by atoms with Crippen molar-refractivity contribution in [3.63, 3.8) is 0 Å². The van der Waals surface area contributed by atoms with Crippen LogP contribution in [-0.4, -0.2) is 19.7 Å². The van der Waals surface area contributed by atoms with Gasteiger partial charge in [0.05, 0.1) is 5.69 Å². The summed E-state index contributed by atoms with van der Waals surface area (Å²) in [5.74, 6) is 3.47. The highest BCUT2D eigenvalue weighted by Crippen LogP contribution is 2.40. The molecule has 1 saturated carbocycles. The molecule has 5 nitrogen and oxygen atoms in total. The number of nitrogens with zero attached hydrogens (tertiary/aromatic N) is 4. The van der Waals surface area contributed by atoms with Crippen LogP contribution >= 0.6 is 23.1 Å². The van der Waals surface area contributed by atoms with E-state index in [1.54, 1.807) is 23.1 Å². The van der Waals surface area contributed by atoms with Crippen molar-refractivity contribution in [1.29, 1.82) is 0 Å². The highest BCUT2D eigenvalue weighted by Gasteiger charge is 2.29. The zero-order chi connectivity index (χ0) is 17.9. The Morgan fingerprint density at radius 3 is 2.77 bits per heavy atom. The van der Waals surface area contributed by atoms with Gasteiger partial charge >= 0.3 is 0 Å². The fraction of sp³-hybridized carbons (Fsp3) is 0.421. The summed E-state index contributed by atoms with van der Waals surface area (Å²) >= 11 is 3.36. The fourth-order valence-electron chi connectivity index (χ4n) is 2.75. The second kappa shape index (κ2) is 7.80. The Balaban J connectivity index is 1.33. The topological polar surface area (TPSA) is 52.8 Å². The van der Waals surface area contributed by atoms with Gasteiger partial charge in [-0.1, -0.05) is 29.5 Å². The molecule has 2 aromatic heterocycles. The Hall–Kier alpha value is -1.86. The summed E-state index contributed by atoms with van der Waals surface area (Å²) in [6, 6.07) is 8.10. The Labute approximate surface area is 161 Å². The van der Waals surface area contributed by atoms with Gasteiger partial charge in [-0.05, 0) is 38.8 Å². The van der Waals surface area contributed by atoms with E-state index in [0.717, 1.165) is 39.7 Å². The summed E-state index contributed by atoms with van der Waals surface area (Å²) in [5, 5.41) is 12.9. The summed E-state index contributed by atoms with van der Waals surface area (Å²) in [4.78, 5) is 4.68. The van der Waals surface area contributed by atoms with E-state index >= 15 is 0 Å². The zero-order valence-electron chi connectivity index (χ0n) is 15.0. The van der Waals surface area contributed by atoms with Gasteiger partial charge in [-0.2, -0.15) is 0 Å². The molecule has 3 aromatic rings. The van der Waals surface area contributed by atoms with E-state index in [0.29, 0.717) is 12.5 Å². The van der Waals surface area contributed by atoms with Crippen LogP contribution in [0.5, 0.6) is 5.75 Å². The summed E-state index contributed by atoms with van der Waals surface area (Å²) in [5.41, 5.74) is 2.30. The van der Waals surface area contributed by atoms with Crippen LogP contribution < -0.4 is 4.74 Å². The third-order valence-corrected chi connectivity index (χ3v) is 6.21. The fourth-order valence-corrected chi connectivity index (χ4v) is 4.46. The molecular weight excluding hydrogens is 364 g/mol. The van der Waals surface area contributed by atoms with Gasteiger partial charge in [-0.15, -0.1) is 21.5 Å². The third-order valence-electron chi connectivity index (χ3n) is 4.34. The quantitative estimate of drug-likeness (QED) is 0.520. The van der Waals surface area contributed by atoms with Gasteiger partial charge < -0.3 is 9.30 Å². The molecular formula is C19H22N4OS2. The number of rotatable bonds is 8. The lowest BCUT2D eigenvalue weighted by Gasteiger charge is -2.05. The summed E-state index contributed by atoms with van der Waals surface area (Å²) in [7, 11) is 0. The standard InChI is InChI=1S/C19H22N4OS2/c1-3-23-18(14-6-7-14)21-22-19(23)26-12-15-11-25-17(20-15)10-24-16-8-4-13(2)5-9-16/h4-5,8-9,11,14H,3,6-7,10,12H2,1-2H3. The highest BCUT2D eigenvalue weighted by molar-refractivity contribution is 7.98. The van der Waals surface area contributed by atoms with Crippen LogP contribution in [0.2, 0.25) is 0 Å². The number of hydrogen-bond donors (Lipinski definition) is 0. The molecule has 0 bridgehead atoms. The van der Waals surface area contributed by atoms with Gasteiger partial charge in [-0.25, -0.2) is 4.98 Å². The monoisotopic (exact) mass is 386 g/mol. The molecule has 0 radical (unpaired) electrons. The van der Waals surface area contributed by atoms with Crippen molar-refractivity contribution in [2.24, 2.45) is 0 Å². The summed E-state index contributed by atoms with van der Waals surface area (Å²) in [6.45, 7) is 5.66. The van der Waals surface area contributed by atoms with Gasteiger partial charge in [-0.3, -0.25) is 0 Å². The maximum absolute atomic E-state index is 5.81. The number of hydrogen-bond acceptors (Lipinski definition) is 6. The molecule has 0 amide bonds. The van der Waals surface area contributed by atoms with E-state index in [1.165, 1.54) is 18.4 Å². The number of benzene rings is 1. The predicted molar refractivity (Wildman–Crippen MR) is 105 cm³/mol. The maximum Gasteiger partial charge on any atom is 0.191 e. The number of thiazole rings is 1. The Bertz CT molecular complexity index is 868. The van der Waals surface area contributed by atoms with Gasteiger partial charge in [0.15, 0.2) is 5.16 Å². The number of aryl methyl sites for hydroxylation is 1. The lowest BCUT2D eigenvalue weighted by atomic mass is 10.2. The minimum absolute atomic E-state index is 0.509. The van der Waals surface area contributed by atoms with Crippen molar-refractivity contribution >= 4 is 23.1 Å². The first-order valence-electron chi connectivity index (χ1n) is 8.91. The van der Waals surface area contributed by atoms with Gasteiger partial charge in [0, 0.05) is 23.6 Å². The zero-order valence-corrected chi connectivity index (χ0v) is 16.6. The predicted octanol–water partition coefficient (Wildman–Crippen LogP) is 4.81. The number of thioether (sulfide) groups is 1. The van der Waals surface area contributed by atoms with Crippen LogP contribution in [0.4, 0.5) is 0 Å². The molecule has 0 saturated heterocycles. The number of ether oxygens (including phenoxy) is 1. The normalized spacial score (nSPS) is 13.9. The van der Waals surface area contributed by atoms with Gasteiger partial charge in [0.2, 0.25) is 0 Å². The van der Waals surface area contributed by atoms with Crippen molar-refractivity contribution in [1.82, 2.24) is 19.7 Å². The SMILES string of the molecule is CCn1c(SCc2csc(COc3ccc(C)cc3)n2)nnc1C1CC1. The second-order valence-electron chi connectivity index (χ2n) is 6.48. The van der Waals surface area contributed by atoms with Crippen LogP contribution in [0, 0.1) is 6.92 Å². The largest absolute Gasteiger partial charge is 0.486 e. The van der Waals surface area contributed by atoms with E-state index in [9.17, 15) is 0 Å². The van der Waals surface area contributed by atoms with E-state index in [1.807, 2.05) is 12.1 Å². The molecule has 1 aliphatic carbocycles. The second-order valence-corrected chi connectivity index (χ2v) is 8.37. The molecule has 0 unspecified atom stereocenters. The van der Waals surface area contributed by atoms with Crippen LogP contribution in [0.15, 0.2) is 34.8 Å². The van der Waals surface area contributed by atoms with E-state index in [2.05, 4.69) is 51.1 Å². The molecule has 0 N–H and O–H groups in total. The van der Waals surface area contributed by atoms with Crippen molar-refractivity contribution < 1.29 is 4.74 Å². The van der Waals surface area contributed by atoms with Crippen molar-refractivity contribution in [3.05, 3.63) is 51.7 Å². The molecule has 0 atom stereocenters. The Morgan fingerprint density at radius 2 is 2.04 bits per heavy atom. The Kier molecular flexibility index (Phi) is 5.26.